The SMILES string of the molecule is CCCNC(=O)CNc1ccncc1. The van der Waals surface area contributed by atoms with Crippen molar-refractivity contribution in [2.45, 2.75) is 13.3 Å². The molecule has 1 rings (SSSR count). The fraction of sp³-hybridized carbons (Fsp3) is 0.400. The van der Waals surface area contributed by atoms with Crippen LogP contribution in [0.15, 0.2) is 24.5 Å². The number of nitrogens with zero attached hydrogens (tertiary/aromatic N) is 1. The van der Waals surface area contributed by atoms with E-state index in [0.717, 1.165) is 18.7 Å². The van der Waals surface area contributed by atoms with Gasteiger partial charge in [0.15, 0.2) is 0 Å². The summed E-state index contributed by atoms with van der Waals surface area (Å²) in [5.41, 5.74) is 0.909. The quantitative estimate of drug-likeness (QED) is 0.734. The number of aromatic nitrogens is 1. The van der Waals surface area contributed by atoms with Crippen LogP contribution in [0.1, 0.15) is 13.3 Å². The zero-order valence-electron chi connectivity index (χ0n) is 8.29. The van der Waals surface area contributed by atoms with Crippen molar-refractivity contribution in [2.75, 3.05) is 18.4 Å². The molecule has 0 spiro atoms. The molecule has 0 atom stereocenters. The third-order valence-corrected chi connectivity index (χ3v) is 1.71. The van der Waals surface area contributed by atoms with Crippen LogP contribution < -0.4 is 10.6 Å². The standard InChI is InChI=1S/C10H15N3O/c1-2-5-12-10(14)8-13-9-3-6-11-7-4-9/h3-4,6-7H,2,5,8H2,1H3,(H,11,13)(H,12,14). The molecule has 0 saturated carbocycles. The molecule has 14 heavy (non-hydrogen) atoms. The number of carbonyl (C=O) groups excluding carboxylic acids is 1. The molecule has 0 aliphatic heterocycles. The molecule has 1 amide bonds. The van der Waals surface area contributed by atoms with Crippen molar-refractivity contribution >= 4 is 11.6 Å². The van der Waals surface area contributed by atoms with Crippen molar-refractivity contribution in [1.29, 1.82) is 0 Å². The molecular weight excluding hydrogens is 178 g/mol. The van der Waals surface area contributed by atoms with Crippen LogP contribution in [-0.4, -0.2) is 24.0 Å². The second-order valence-electron chi connectivity index (χ2n) is 2.94. The fourth-order valence-electron chi connectivity index (χ4n) is 0.979. The minimum Gasteiger partial charge on any atom is -0.376 e. The molecule has 76 valence electrons. The van der Waals surface area contributed by atoms with Gasteiger partial charge < -0.3 is 10.6 Å². The van der Waals surface area contributed by atoms with E-state index >= 15 is 0 Å². The number of anilines is 1. The molecule has 0 unspecified atom stereocenters. The monoisotopic (exact) mass is 193 g/mol. The minimum absolute atomic E-state index is 0.0173. The number of carbonyl (C=O) groups is 1. The summed E-state index contributed by atoms with van der Waals surface area (Å²) in [6, 6.07) is 3.65. The molecule has 0 aromatic carbocycles. The van der Waals surface area contributed by atoms with Gasteiger partial charge in [-0.15, -0.1) is 0 Å². The lowest BCUT2D eigenvalue weighted by Gasteiger charge is -2.05. The summed E-state index contributed by atoms with van der Waals surface area (Å²) in [4.78, 5) is 15.1. The molecule has 4 heteroatoms. The van der Waals surface area contributed by atoms with Gasteiger partial charge in [0.1, 0.15) is 0 Å². The first-order valence-electron chi connectivity index (χ1n) is 4.73. The minimum atomic E-state index is 0.0173. The van der Waals surface area contributed by atoms with Gasteiger partial charge in [-0.3, -0.25) is 9.78 Å². The van der Waals surface area contributed by atoms with Crippen molar-refractivity contribution in [1.82, 2.24) is 10.3 Å². The van der Waals surface area contributed by atoms with Gasteiger partial charge in [0.2, 0.25) is 5.91 Å². The Bertz CT molecular complexity index is 274. The number of nitrogens with one attached hydrogen (secondary N) is 2. The van der Waals surface area contributed by atoms with E-state index in [2.05, 4.69) is 15.6 Å². The molecule has 0 fully saturated rings. The predicted molar refractivity (Wildman–Crippen MR) is 56.0 cm³/mol. The summed E-state index contributed by atoms with van der Waals surface area (Å²) in [5, 5.41) is 5.79. The van der Waals surface area contributed by atoms with E-state index < -0.39 is 0 Å². The Labute approximate surface area is 83.7 Å². The highest BCUT2D eigenvalue weighted by Crippen LogP contribution is 2.01. The van der Waals surface area contributed by atoms with E-state index in [1.807, 2.05) is 19.1 Å². The van der Waals surface area contributed by atoms with Crippen LogP contribution in [0, 0.1) is 0 Å². The van der Waals surface area contributed by atoms with Crippen LogP contribution >= 0.6 is 0 Å². The third-order valence-electron chi connectivity index (χ3n) is 1.71. The lowest BCUT2D eigenvalue weighted by atomic mass is 10.4. The molecule has 0 aliphatic carbocycles. The highest BCUT2D eigenvalue weighted by Gasteiger charge is 1.98. The summed E-state index contributed by atoms with van der Waals surface area (Å²) in [5.74, 6) is 0.0173. The smallest absolute Gasteiger partial charge is 0.239 e. The zero-order chi connectivity index (χ0) is 10.2. The number of amides is 1. The Balaban J connectivity index is 2.24. The fourth-order valence-corrected chi connectivity index (χ4v) is 0.979. The Kier molecular flexibility index (Phi) is 4.47. The summed E-state index contributed by atoms with van der Waals surface area (Å²) in [7, 11) is 0. The first kappa shape index (κ1) is 10.5. The van der Waals surface area contributed by atoms with Crippen LogP contribution in [0.4, 0.5) is 5.69 Å². The van der Waals surface area contributed by atoms with E-state index in [0.29, 0.717) is 6.54 Å². The van der Waals surface area contributed by atoms with E-state index in [-0.39, 0.29) is 5.91 Å². The van der Waals surface area contributed by atoms with Gasteiger partial charge >= 0.3 is 0 Å². The number of hydrogen-bond acceptors (Lipinski definition) is 3. The lowest BCUT2D eigenvalue weighted by Crippen LogP contribution is -2.30. The first-order valence-corrected chi connectivity index (χ1v) is 4.73. The summed E-state index contributed by atoms with van der Waals surface area (Å²) < 4.78 is 0. The van der Waals surface area contributed by atoms with Gasteiger partial charge in [0, 0.05) is 24.6 Å². The van der Waals surface area contributed by atoms with Gasteiger partial charge in [0.05, 0.1) is 6.54 Å². The van der Waals surface area contributed by atoms with E-state index in [9.17, 15) is 4.79 Å². The number of rotatable bonds is 5. The highest BCUT2D eigenvalue weighted by atomic mass is 16.1. The van der Waals surface area contributed by atoms with E-state index in [4.69, 9.17) is 0 Å². The number of pyridine rings is 1. The van der Waals surface area contributed by atoms with E-state index in [1.54, 1.807) is 12.4 Å². The molecule has 4 nitrogen and oxygen atoms in total. The van der Waals surface area contributed by atoms with Crippen molar-refractivity contribution in [3.05, 3.63) is 24.5 Å². The maximum atomic E-state index is 11.2. The van der Waals surface area contributed by atoms with Gasteiger partial charge in [-0.1, -0.05) is 6.92 Å². The Morgan fingerprint density at radius 3 is 2.79 bits per heavy atom. The van der Waals surface area contributed by atoms with Crippen molar-refractivity contribution < 1.29 is 4.79 Å². The Morgan fingerprint density at radius 2 is 2.14 bits per heavy atom. The van der Waals surface area contributed by atoms with Crippen LogP contribution in [0.3, 0.4) is 0 Å². The van der Waals surface area contributed by atoms with Gasteiger partial charge in [-0.25, -0.2) is 0 Å². The number of hydrogen-bond donors (Lipinski definition) is 2. The van der Waals surface area contributed by atoms with Gasteiger partial charge in [-0.2, -0.15) is 0 Å². The topological polar surface area (TPSA) is 54.0 Å². The largest absolute Gasteiger partial charge is 0.376 e. The second-order valence-corrected chi connectivity index (χ2v) is 2.94. The molecule has 0 bridgehead atoms. The Hall–Kier alpha value is -1.58. The maximum Gasteiger partial charge on any atom is 0.239 e. The van der Waals surface area contributed by atoms with Crippen molar-refractivity contribution in [3.63, 3.8) is 0 Å². The third kappa shape index (κ3) is 3.89. The molecule has 0 radical (unpaired) electrons. The average molecular weight is 193 g/mol. The van der Waals surface area contributed by atoms with E-state index in [1.165, 1.54) is 0 Å². The Morgan fingerprint density at radius 1 is 1.43 bits per heavy atom. The van der Waals surface area contributed by atoms with Gasteiger partial charge in [0.25, 0.3) is 0 Å². The molecule has 1 heterocycles. The molecule has 2 N–H and O–H groups in total. The maximum absolute atomic E-state index is 11.2. The normalized spacial score (nSPS) is 9.50. The molecular formula is C10H15N3O. The van der Waals surface area contributed by atoms with Crippen molar-refractivity contribution in [3.8, 4) is 0 Å². The van der Waals surface area contributed by atoms with Crippen LogP contribution in [-0.2, 0) is 4.79 Å². The first-order chi connectivity index (χ1) is 6.83. The predicted octanol–water partition coefficient (Wildman–Crippen LogP) is 1.02. The van der Waals surface area contributed by atoms with Crippen LogP contribution in [0.25, 0.3) is 0 Å². The van der Waals surface area contributed by atoms with Crippen molar-refractivity contribution in [2.24, 2.45) is 0 Å². The van der Waals surface area contributed by atoms with Crippen LogP contribution in [0.5, 0.6) is 0 Å². The van der Waals surface area contributed by atoms with Crippen LogP contribution in [0.2, 0.25) is 0 Å². The highest BCUT2D eigenvalue weighted by molar-refractivity contribution is 5.80. The lowest BCUT2D eigenvalue weighted by molar-refractivity contribution is -0.119. The average Bonchev–Trinajstić information content (AvgIpc) is 2.25. The summed E-state index contributed by atoms with van der Waals surface area (Å²) in [6.45, 7) is 3.07. The van der Waals surface area contributed by atoms with Gasteiger partial charge in [-0.05, 0) is 18.6 Å². The molecule has 0 saturated heterocycles. The molecule has 1 aromatic heterocycles. The molecule has 1 aromatic rings. The summed E-state index contributed by atoms with van der Waals surface area (Å²) >= 11 is 0. The summed E-state index contributed by atoms with van der Waals surface area (Å²) in [6.07, 6.45) is 4.33. The second kappa shape index (κ2) is 5.96. The molecule has 0 aliphatic rings. The zero-order valence-corrected chi connectivity index (χ0v) is 8.29.